The van der Waals surface area contributed by atoms with Crippen molar-refractivity contribution in [1.82, 2.24) is 14.4 Å². The van der Waals surface area contributed by atoms with Gasteiger partial charge in [0.05, 0.1) is 24.4 Å². The van der Waals surface area contributed by atoms with E-state index in [2.05, 4.69) is 5.32 Å². The van der Waals surface area contributed by atoms with Crippen molar-refractivity contribution in [3.05, 3.63) is 54.9 Å². The van der Waals surface area contributed by atoms with Gasteiger partial charge in [-0.15, -0.1) is 11.3 Å². The van der Waals surface area contributed by atoms with E-state index in [1.807, 2.05) is 6.07 Å². The minimum atomic E-state index is -0.791. The van der Waals surface area contributed by atoms with Crippen molar-refractivity contribution in [2.45, 2.75) is 31.8 Å². The van der Waals surface area contributed by atoms with Crippen molar-refractivity contribution in [3.8, 4) is 16.2 Å². The van der Waals surface area contributed by atoms with E-state index in [4.69, 9.17) is 10.6 Å². The Hall–Kier alpha value is -2.65. The molecule has 1 aliphatic carbocycles. The molecule has 1 aliphatic heterocycles. The number of halogens is 1. The zero-order chi connectivity index (χ0) is 18.9. The van der Waals surface area contributed by atoms with Gasteiger partial charge >= 0.3 is 5.69 Å². The topological polar surface area (TPSA) is 90.8 Å². The molecule has 4 heterocycles. The van der Waals surface area contributed by atoms with E-state index in [-0.39, 0.29) is 17.2 Å². The minimum absolute atomic E-state index is 0.00709. The van der Waals surface area contributed by atoms with Gasteiger partial charge in [-0.25, -0.2) is 9.18 Å². The van der Waals surface area contributed by atoms with Gasteiger partial charge < -0.3 is 15.9 Å². The van der Waals surface area contributed by atoms with Crippen LogP contribution in [0.5, 0.6) is 5.75 Å². The lowest BCUT2D eigenvalue weighted by atomic mass is 10.1. The fourth-order valence-corrected chi connectivity index (χ4v) is 4.98. The maximum atomic E-state index is 15.1. The van der Waals surface area contributed by atoms with Gasteiger partial charge in [-0.3, -0.25) is 9.20 Å². The van der Waals surface area contributed by atoms with Gasteiger partial charge in [0.25, 0.3) is 5.56 Å². The maximum absolute atomic E-state index is 15.1. The van der Waals surface area contributed by atoms with E-state index < -0.39 is 17.1 Å². The Bertz CT molecular complexity index is 1200. The van der Waals surface area contributed by atoms with Crippen molar-refractivity contribution in [2.24, 2.45) is 0 Å². The number of nitrogens with two attached hydrogens (primary N) is 1. The second-order valence-electron chi connectivity index (χ2n) is 6.91. The largest absolute Gasteiger partial charge is 0.494 e. The molecular weight excluding hydrogens is 371 g/mol. The number of rotatable bonds is 3. The van der Waals surface area contributed by atoms with E-state index in [1.165, 1.54) is 18.4 Å². The third-order valence-corrected chi connectivity index (χ3v) is 6.41. The highest BCUT2D eigenvalue weighted by Gasteiger charge is 2.33. The summed E-state index contributed by atoms with van der Waals surface area (Å²) >= 11 is 1.49. The molecule has 2 aliphatic rings. The summed E-state index contributed by atoms with van der Waals surface area (Å²) in [6.45, 7) is 1.50. The van der Waals surface area contributed by atoms with Crippen LogP contribution >= 0.6 is 11.3 Å². The van der Waals surface area contributed by atoms with Crippen LogP contribution in [0.2, 0.25) is 0 Å². The molecule has 5 rings (SSSR count). The first-order valence-electron chi connectivity index (χ1n) is 8.66. The van der Waals surface area contributed by atoms with Gasteiger partial charge in [0, 0.05) is 22.8 Å². The third-order valence-electron chi connectivity index (χ3n) is 5.21. The molecule has 9 heteroatoms. The summed E-state index contributed by atoms with van der Waals surface area (Å²) in [6.07, 6.45) is 2.77. The van der Waals surface area contributed by atoms with Crippen molar-refractivity contribution < 1.29 is 9.13 Å². The third kappa shape index (κ3) is 2.28. The van der Waals surface area contributed by atoms with E-state index in [1.54, 1.807) is 0 Å². The molecule has 0 radical (unpaired) electrons. The molecule has 27 heavy (non-hydrogen) atoms. The summed E-state index contributed by atoms with van der Waals surface area (Å²) in [4.78, 5) is 27.1. The second-order valence-corrected chi connectivity index (χ2v) is 8.05. The first-order chi connectivity index (χ1) is 13.0. The Labute approximate surface area is 156 Å². The van der Waals surface area contributed by atoms with Crippen LogP contribution in [0.25, 0.3) is 16.0 Å². The summed E-state index contributed by atoms with van der Waals surface area (Å²) in [6, 6.07) is 1.94. The molecule has 1 fully saturated rings. The Kier molecular flexibility index (Phi) is 3.47. The van der Waals surface area contributed by atoms with Crippen LogP contribution in [0.4, 0.5) is 4.39 Å². The predicted molar refractivity (Wildman–Crippen MR) is 100 cm³/mol. The lowest BCUT2D eigenvalue weighted by Gasteiger charge is -2.16. The lowest BCUT2D eigenvalue weighted by molar-refractivity contribution is 0.415. The van der Waals surface area contributed by atoms with E-state index >= 15 is 4.39 Å². The van der Waals surface area contributed by atoms with Crippen LogP contribution in [0.1, 0.15) is 34.8 Å². The fraction of sp³-hybridized carbons (Fsp3) is 0.333. The minimum Gasteiger partial charge on any atom is -0.494 e. The smallest absolute Gasteiger partial charge is 0.354 e. The van der Waals surface area contributed by atoms with Crippen molar-refractivity contribution >= 4 is 16.9 Å². The van der Waals surface area contributed by atoms with Crippen LogP contribution < -0.4 is 27.1 Å². The molecule has 140 valence electrons. The van der Waals surface area contributed by atoms with Gasteiger partial charge in [-0.05, 0) is 30.4 Å². The van der Waals surface area contributed by atoms with Crippen molar-refractivity contribution in [2.75, 3.05) is 13.0 Å². The summed E-state index contributed by atoms with van der Waals surface area (Å²) in [7, 11) is 1.43. The molecule has 3 aromatic rings. The van der Waals surface area contributed by atoms with E-state index in [0.717, 1.165) is 51.8 Å². The Morgan fingerprint density at radius 3 is 2.78 bits per heavy atom. The molecular formula is C18H17FN4O3S. The highest BCUT2D eigenvalue weighted by molar-refractivity contribution is 7.15. The number of hydrogen-bond acceptors (Lipinski definition) is 6. The molecule has 3 N–H and O–H groups in total. The fourth-order valence-electron chi connectivity index (χ4n) is 3.78. The normalized spacial score (nSPS) is 16.1. The lowest BCUT2D eigenvalue weighted by Crippen LogP contribution is -2.44. The van der Waals surface area contributed by atoms with Crippen LogP contribution in [0.15, 0.2) is 21.9 Å². The first kappa shape index (κ1) is 16.5. The van der Waals surface area contributed by atoms with Gasteiger partial charge in [-0.1, -0.05) is 0 Å². The van der Waals surface area contributed by atoms with Crippen LogP contribution in [-0.4, -0.2) is 16.2 Å². The molecule has 1 saturated carbocycles. The molecule has 0 aromatic carbocycles. The number of fused-ring (bicyclic) bond motifs is 2. The predicted octanol–water partition coefficient (Wildman–Crippen LogP) is 1.53. The zero-order valence-corrected chi connectivity index (χ0v) is 15.4. The highest BCUT2D eigenvalue weighted by atomic mass is 32.1. The standard InChI is InChI=1S/C18H17FN4O3S/c1-26-16-14(11-4-9-5-21-6-12(9)27-11)10(19)7-22-15(16)13(8-2-3-8)17(24)23(20)18(22)25/h4,7-8,21H,2-3,5-6,20H2,1H3. The van der Waals surface area contributed by atoms with Gasteiger partial charge in [0.15, 0.2) is 11.6 Å². The number of ether oxygens (including phenoxy) is 1. The van der Waals surface area contributed by atoms with Crippen LogP contribution in [-0.2, 0) is 13.1 Å². The molecule has 0 unspecified atom stereocenters. The Morgan fingerprint density at radius 1 is 1.33 bits per heavy atom. The average Bonchev–Trinajstić information content (AvgIpc) is 3.25. The number of methoxy groups -OCH3 is 1. The SMILES string of the molecule is COc1c(-c2cc3c(s2)CNC3)c(F)cn2c(=O)n(N)c(=O)c(C3CC3)c12. The van der Waals surface area contributed by atoms with Crippen LogP contribution in [0.3, 0.4) is 0 Å². The number of thiophene rings is 1. The van der Waals surface area contributed by atoms with Gasteiger partial charge in [0.1, 0.15) is 5.52 Å². The number of nitrogens with zero attached hydrogens (tertiary/aromatic N) is 2. The summed E-state index contributed by atoms with van der Waals surface area (Å²) in [5.41, 5.74) is 0.818. The maximum Gasteiger partial charge on any atom is 0.354 e. The molecule has 0 amide bonds. The summed E-state index contributed by atoms with van der Waals surface area (Å²) in [5.74, 6) is 5.28. The highest BCUT2D eigenvalue weighted by Crippen LogP contribution is 2.46. The zero-order valence-electron chi connectivity index (χ0n) is 14.5. The molecule has 0 spiro atoms. The quantitative estimate of drug-likeness (QED) is 0.664. The van der Waals surface area contributed by atoms with E-state index in [0.29, 0.717) is 15.8 Å². The molecule has 3 aromatic heterocycles. The Morgan fingerprint density at radius 2 is 2.11 bits per heavy atom. The van der Waals surface area contributed by atoms with Gasteiger partial charge in [0.2, 0.25) is 0 Å². The number of nitrogens with one attached hydrogen (secondary N) is 1. The second kappa shape index (κ2) is 5.67. The van der Waals surface area contributed by atoms with Crippen molar-refractivity contribution in [3.63, 3.8) is 0 Å². The van der Waals surface area contributed by atoms with Crippen molar-refractivity contribution in [1.29, 1.82) is 0 Å². The monoisotopic (exact) mass is 388 g/mol. The summed E-state index contributed by atoms with van der Waals surface area (Å²) in [5, 5.41) is 3.25. The summed E-state index contributed by atoms with van der Waals surface area (Å²) < 4.78 is 22.3. The number of hydrogen-bond donors (Lipinski definition) is 2. The first-order valence-corrected chi connectivity index (χ1v) is 9.48. The number of nitrogen functional groups attached to an aromatic ring is 1. The van der Waals surface area contributed by atoms with Crippen LogP contribution in [0, 0.1) is 5.82 Å². The molecule has 0 saturated heterocycles. The van der Waals surface area contributed by atoms with Gasteiger partial charge in [-0.2, -0.15) is 4.68 Å². The Balaban J connectivity index is 1.91. The molecule has 7 nitrogen and oxygen atoms in total. The number of aromatic nitrogens is 2. The average molecular weight is 388 g/mol. The number of pyridine rings is 1. The van der Waals surface area contributed by atoms with E-state index in [9.17, 15) is 9.59 Å². The molecule has 0 bridgehead atoms. The molecule has 0 atom stereocenters.